The van der Waals surface area contributed by atoms with E-state index in [-0.39, 0.29) is 5.82 Å². The molecular formula is C14H11ClFN3S. The van der Waals surface area contributed by atoms with Crippen molar-refractivity contribution in [1.82, 2.24) is 9.78 Å². The molecule has 0 spiro atoms. The van der Waals surface area contributed by atoms with Crippen LogP contribution < -0.4 is 5.73 Å². The Morgan fingerprint density at radius 2 is 2.15 bits per heavy atom. The Hall–Kier alpha value is -1.85. The van der Waals surface area contributed by atoms with Crippen LogP contribution >= 0.6 is 22.9 Å². The molecule has 0 unspecified atom stereocenters. The molecule has 0 aliphatic carbocycles. The largest absolute Gasteiger partial charge is 0.396 e. The van der Waals surface area contributed by atoms with E-state index in [0.717, 1.165) is 10.4 Å². The lowest BCUT2D eigenvalue weighted by atomic mass is 10.2. The SMILES string of the molecule is Nc1cn(Cc2cccc(F)c2)nc1-c1ccc(Cl)s1. The second-order valence-electron chi connectivity index (χ2n) is 4.36. The van der Waals surface area contributed by atoms with Crippen molar-refractivity contribution in [3.05, 3.63) is 58.3 Å². The van der Waals surface area contributed by atoms with Crippen LogP contribution in [0.2, 0.25) is 4.34 Å². The van der Waals surface area contributed by atoms with Crippen molar-refractivity contribution in [3.63, 3.8) is 0 Å². The maximum absolute atomic E-state index is 13.2. The molecule has 0 aliphatic heterocycles. The van der Waals surface area contributed by atoms with Crippen LogP contribution in [0.3, 0.4) is 0 Å². The zero-order chi connectivity index (χ0) is 14.1. The van der Waals surface area contributed by atoms with Gasteiger partial charge in [-0.2, -0.15) is 5.10 Å². The highest BCUT2D eigenvalue weighted by Crippen LogP contribution is 2.33. The predicted octanol–water partition coefficient (Wildman–Crippen LogP) is 4.03. The zero-order valence-corrected chi connectivity index (χ0v) is 12.0. The Balaban J connectivity index is 1.89. The van der Waals surface area contributed by atoms with Crippen molar-refractivity contribution in [3.8, 4) is 10.6 Å². The van der Waals surface area contributed by atoms with Crippen LogP contribution in [0.5, 0.6) is 0 Å². The van der Waals surface area contributed by atoms with Crippen molar-refractivity contribution in [2.24, 2.45) is 0 Å². The van der Waals surface area contributed by atoms with Crippen LogP contribution in [0.1, 0.15) is 5.56 Å². The lowest BCUT2D eigenvalue weighted by molar-refractivity contribution is 0.619. The molecule has 0 atom stereocenters. The fourth-order valence-electron chi connectivity index (χ4n) is 1.97. The van der Waals surface area contributed by atoms with E-state index < -0.39 is 0 Å². The molecule has 2 aromatic heterocycles. The molecule has 2 N–H and O–H groups in total. The Labute approximate surface area is 124 Å². The van der Waals surface area contributed by atoms with Crippen molar-refractivity contribution in [2.75, 3.05) is 5.73 Å². The normalized spacial score (nSPS) is 10.9. The van der Waals surface area contributed by atoms with Gasteiger partial charge >= 0.3 is 0 Å². The van der Waals surface area contributed by atoms with Gasteiger partial charge in [0, 0.05) is 6.20 Å². The van der Waals surface area contributed by atoms with Gasteiger partial charge in [-0.1, -0.05) is 23.7 Å². The number of anilines is 1. The quantitative estimate of drug-likeness (QED) is 0.794. The van der Waals surface area contributed by atoms with Gasteiger partial charge in [-0.3, -0.25) is 4.68 Å². The van der Waals surface area contributed by atoms with E-state index in [1.54, 1.807) is 16.9 Å². The Kier molecular flexibility index (Phi) is 3.46. The second kappa shape index (κ2) is 5.26. The Morgan fingerprint density at radius 1 is 1.30 bits per heavy atom. The molecule has 102 valence electrons. The molecule has 0 bridgehead atoms. The number of hydrogen-bond acceptors (Lipinski definition) is 3. The topological polar surface area (TPSA) is 43.8 Å². The highest BCUT2D eigenvalue weighted by molar-refractivity contribution is 7.19. The molecule has 0 saturated carbocycles. The average molecular weight is 308 g/mol. The highest BCUT2D eigenvalue weighted by Gasteiger charge is 2.11. The second-order valence-corrected chi connectivity index (χ2v) is 6.08. The fourth-order valence-corrected chi connectivity index (χ4v) is 3.02. The van der Waals surface area contributed by atoms with Gasteiger partial charge in [0.05, 0.1) is 21.4 Å². The summed E-state index contributed by atoms with van der Waals surface area (Å²) in [6.07, 6.45) is 1.74. The van der Waals surface area contributed by atoms with Crippen molar-refractivity contribution in [1.29, 1.82) is 0 Å². The van der Waals surface area contributed by atoms with E-state index in [4.69, 9.17) is 17.3 Å². The summed E-state index contributed by atoms with van der Waals surface area (Å²) in [6.45, 7) is 0.473. The summed E-state index contributed by atoms with van der Waals surface area (Å²) >= 11 is 7.34. The van der Waals surface area contributed by atoms with E-state index in [1.165, 1.54) is 23.5 Å². The molecule has 0 fully saturated rings. The molecular weight excluding hydrogens is 297 g/mol. The Bertz CT molecular complexity index is 750. The Morgan fingerprint density at radius 3 is 2.85 bits per heavy atom. The standard InChI is InChI=1S/C14H11ClFN3S/c15-13-5-4-12(20-13)14-11(17)8-19(18-14)7-9-2-1-3-10(16)6-9/h1-6,8H,7,17H2. The van der Waals surface area contributed by atoms with E-state index in [9.17, 15) is 4.39 Å². The van der Waals surface area contributed by atoms with Gasteiger partial charge in [-0.05, 0) is 29.8 Å². The van der Waals surface area contributed by atoms with E-state index in [0.29, 0.717) is 22.3 Å². The first-order valence-electron chi connectivity index (χ1n) is 5.95. The molecule has 2 heterocycles. The van der Waals surface area contributed by atoms with Crippen LogP contribution in [-0.2, 0) is 6.54 Å². The van der Waals surface area contributed by atoms with Crippen LogP contribution in [0.15, 0.2) is 42.6 Å². The molecule has 0 aliphatic rings. The zero-order valence-electron chi connectivity index (χ0n) is 10.4. The fraction of sp³-hybridized carbons (Fsp3) is 0.0714. The minimum absolute atomic E-state index is 0.257. The van der Waals surface area contributed by atoms with Crippen LogP contribution in [0.25, 0.3) is 10.6 Å². The summed E-state index contributed by atoms with van der Waals surface area (Å²) in [7, 11) is 0. The van der Waals surface area contributed by atoms with Gasteiger partial charge in [-0.15, -0.1) is 11.3 Å². The number of thiophene rings is 1. The molecule has 1 aromatic carbocycles. The summed E-state index contributed by atoms with van der Waals surface area (Å²) in [6, 6.07) is 10.1. The highest BCUT2D eigenvalue weighted by atomic mass is 35.5. The minimum atomic E-state index is -0.257. The third-order valence-corrected chi connectivity index (χ3v) is 4.07. The third kappa shape index (κ3) is 2.69. The average Bonchev–Trinajstić information content (AvgIpc) is 2.96. The van der Waals surface area contributed by atoms with Crippen molar-refractivity contribution >= 4 is 28.6 Å². The van der Waals surface area contributed by atoms with Crippen LogP contribution in [-0.4, -0.2) is 9.78 Å². The summed E-state index contributed by atoms with van der Waals surface area (Å²) in [5, 5.41) is 4.44. The van der Waals surface area contributed by atoms with E-state index in [1.807, 2.05) is 18.2 Å². The van der Waals surface area contributed by atoms with Gasteiger partial charge in [0.2, 0.25) is 0 Å². The maximum atomic E-state index is 13.2. The van der Waals surface area contributed by atoms with Crippen LogP contribution in [0.4, 0.5) is 10.1 Å². The van der Waals surface area contributed by atoms with Crippen molar-refractivity contribution in [2.45, 2.75) is 6.54 Å². The number of nitrogens with two attached hydrogens (primary N) is 1. The summed E-state index contributed by atoms with van der Waals surface area (Å²) in [5.74, 6) is -0.257. The van der Waals surface area contributed by atoms with Crippen LogP contribution in [0, 0.1) is 5.82 Å². The van der Waals surface area contributed by atoms with Gasteiger partial charge in [0.1, 0.15) is 11.5 Å². The lowest BCUT2D eigenvalue weighted by Crippen LogP contribution is -2.00. The number of halogens is 2. The number of benzene rings is 1. The smallest absolute Gasteiger partial charge is 0.125 e. The van der Waals surface area contributed by atoms with Gasteiger partial charge in [-0.25, -0.2) is 4.39 Å². The minimum Gasteiger partial charge on any atom is -0.396 e. The molecule has 0 saturated heterocycles. The molecule has 20 heavy (non-hydrogen) atoms. The van der Waals surface area contributed by atoms with Crippen molar-refractivity contribution < 1.29 is 4.39 Å². The van der Waals surface area contributed by atoms with E-state index in [2.05, 4.69) is 5.10 Å². The molecule has 3 nitrogen and oxygen atoms in total. The van der Waals surface area contributed by atoms with Gasteiger partial charge in [0.15, 0.2) is 0 Å². The molecule has 3 rings (SSSR count). The first kappa shape index (κ1) is 13.1. The molecule has 0 amide bonds. The molecule has 6 heteroatoms. The third-order valence-electron chi connectivity index (χ3n) is 2.83. The maximum Gasteiger partial charge on any atom is 0.125 e. The summed E-state index contributed by atoms with van der Waals surface area (Å²) in [5.41, 5.74) is 8.10. The number of hydrogen-bond donors (Lipinski definition) is 1. The predicted molar refractivity (Wildman–Crippen MR) is 80.5 cm³/mol. The monoisotopic (exact) mass is 307 g/mol. The summed E-state index contributed by atoms with van der Waals surface area (Å²) < 4.78 is 15.5. The van der Waals surface area contributed by atoms with Gasteiger partial charge < -0.3 is 5.73 Å². The summed E-state index contributed by atoms with van der Waals surface area (Å²) in [4.78, 5) is 0.922. The first-order valence-corrected chi connectivity index (χ1v) is 7.14. The number of aromatic nitrogens is 2. The van der Waals surface area contributed by atoms with Gasteiger partial charge in [0.25, 0.3) is 0 Å². The van der Waals surface area contributed by atoms with E-state index >= 15 is 0 Å². The first-order chi connectivity index (χ1) is 9.61. The molecule has 3 aromatic rings. The number of rotatable bonds is 3. The lowest BCUT2D eigenvalue weighted by Gasteiger charge is -2.01. The number of nitrogen functional groups attached to an aromatic ring is 1. The number of nitrogens with zero attached hydrogens (tertiary/aromatic N) is 2. The molecule has 0 radical (unpaired) electrons.